The molecule has 2 aromatic rings. The second-order valence-corrected chi connectivity index (χ2v) is 6.10. The van der Waals surface area contributed by atoms with E-state index in [0.717, 1.165) is 5.56 Å². The number of aryl methyl sites for hydroxylation is 1. The van der Waals surface area contributed by atoms with Crippen molar-refractivity contribution in [3.05, 3.63) is 47.7 Å². The molecule has 1 aromatic heterocycles. The van der Waals surface area contributed by atoms with E-state index in [4.69, 9.17) is 5.73 Å². The number of hydrogen-bond acceptors (Lipinski definition) is 4. The first-order valence-corrected chi connectivity index (χ1v) is 7.78. The zero-order valence-corrected chi connectivity index (χ0v) is 15.3. The zero-order chi connectivity index (χ0) is 17.7. The van der Waals surface area contributed by atoms with E-state index < -0.39 is 0 Å². The third-order valence-corrected chi connectivity index (χ3v) is 3.40. The van der Waals surface area contributed by atoms with Gasteiger partial charge in [0.1, 0.15) is 5.82 Å². The highest BCUT2D eigenvalue weighted by molar-refractivity contribution is 6.05. The molecule has 0 unspecified atom stereocenters. The minimum absolute atomic E-state index is 0. The Hall–Kier alpha value is -2.60. The summed E-state index contributed by atoms with van der Waals surface area (Å²) in [6.07, 6.45) is 1.96. The van der Waals surface area contributed by atoms with Crippen LogP contribution in [0.5, 0.6) is 0 Å². The highest BCUT2D eigenvalue weighted by atomic mass is 35.5. The SMILES string of the molecule is Cc1cc(C(=O)Nc2ccc(N)nc2)ccc1NC(=O)CC(C)C.Cl. The molecule has 2 amide bonds. The Kier molecular flexibility index (Phi) is 7.39. The van der Waals surface area contributed by atoms with E-state index >= 15 is 0 Å². The fourth-order valence-corrected chi connectivity index (χ4v) is 2.20. The van der Waals surface area contributed by atoms with E-state index in [-0.39, 0.29) is 24.2 Å². The van der Waals surface area contributed by atoms with Crippen molar-refractivity contribution in [1.29, 1.82) is 0 Å². The standard InChI is InChI=1S/C18H22N4O2.ClH/c1-11(2)8-17(23)22-15-6-4-13(9-12(15)3)18(24)21-14-5-7-16(19)20-10-14;/h4-7,9-11H,8H2,1-3H3,(H2,19,20)(H,21,24)(H,22,23);1H. The van der Waals surface area contributed by atoms with Crippen molar-refractivity contribution in [2.75, 3.05) is 16.4 Å². The predicted octanol–water partition coefficient (Wildman–Crippen LogP) is 3.63. The number of carbonyl (C=O) groups is 2. The number of halogens is 1. The lowest BCUT2D eigenvalue weighted by Gasteiger charge is -2.11. The van der Waals surface area contributed by atoms with Gasteiger partial charge in [-0.25, -0.2) is 4.98 Å². The molecule has 2 rings (SSSR count). The van der Waals surface area contributed by atoms with Crippen LogP contribution in [0.15, 0.2) is 36.5 Å². The number of rotatable bonds is 5. The van der Waals surface area contributed by atoms with Crippen molar-refractivity contribution >= 4 is 41.4 Å². The highest BCUT2D eigenvalue weighted by Crippen LogP contribution is 2.18. The summed E-state index contributed by atoms with van der Waals surface area (Å²) >= 11 is 0. The van der Waals surface area contributed by atoms with Gasteiger partial charge >= 0.3 is 0 Å². The third-order valence-electron chi connectivity index (χ3n) is 3.40. The van der Waals surface area contributed by atoms with Gasteiger partial charge in [-0.2, -0.15) is 0 Å². The molecule has 7 heteroatoms. The summed E-state index contributed by atoms with van der Waals surface area (Å²) in [5.74, 6) is 0.414. The zero-order valence-electron chi connectivity index (χ0n) is 14.5. The van der Waals surface area contributed by atoms with Gasteiger partial charge in [0.15, 0.2) is 0 Å². The molecule has 134 valence electrons. The first-order valence-electron chi connectivity index (χ1n) is 7.78. The summed E-state index contributed by atoms with van der Waals surface area (Å²) in [5.41, 5.74) is 8.14. The second kappa shape index (κ2) is 9.03. The number of amides is 2. The van der Waals surface area contributed by atoms with Crippen LogP contribution in [0.3, 0.4) is 0 Å². The minimum Gasteiger partial charge on any atom is -0.384 e. The molecule has 1 aromatic carbocycles. The van der Waals surface area contributed by atoms with Crippen molar-refractivity contribution in [1.82, 2.24) is 4.98 Å². The molecular formula is C18H23ClN4O2. The van der Waals surface area contributed by atoms with Gasteiger partial charge in [0, 0.05) is 17.7 Å². The van der Waals surface area contributed by atoms with Crippen LogP contribution in [0, 0.1) is 12.8 Å². The van der Waals surface area contributed by atoms with Crippen LogP contribution in [0.2, 0.25) is 0 Å². The minimum atomic E-state index is -0.246. The van der Waals surface area contributed by atoms with Gasteiger partial charge in [0.05, 0.1) is 11.9 Å². The summed E-state index contributed by atoms with van der Waals surface area (Å²) < 4.78 is 0. The molecule has 0 aliphatic heterocycles. The smallest absolute Gasteiger partial charge is 0.255 e. The Labute approximate surface area is 153 Å². The summed E-state index contributed by atoms with van der Waals surface area (Å²) in [7, 11) is 0. The lowest BCUT2D eigenvalue weighted by Crippen LogP contribution is -2.16. The van der Waals surface area contributed by atoms with Gasteiger partial charge in [0.25, 0.3) is 5.91 Å². The number of nitrogens with zero attached hydrogens (tertiary/aromatic N) is 1. The van der Waals surface area contributed by atoms with Gasteiger partial charge in [-0.1, -0.05) is 13.8 Å². The maximum absolute atomic E-state index is 12.3. The molecular weight excluding hydrogens is 340 g/mol. The number of nitrogens with one attached hydrogen (secondary N) is 2. The van der Waals surface area contributed by atoms with E-state index in [0.29, 0.717) is 35.1 Å². The Bertz CT molecular complexity index is 745. The van der Waals surface area contributed by atoms with Gasteiger partial charge < -0.3 is 16.4 Å². The van der Waals surface area contributed by atoms with Crippen molar-refractivity contribution in [3.8, 4) is 0 Å². The number of pyridine rings is 1. The number of nitrogen functional groups attached to an aromatic ring is 1. The maximum Gasteiger partial charge on any atom is 0.255 e. The van der Waals surface area contributed by atoms with Gasteiger partial charge in [-0.15, -0.1) is 12.4 Å². The fourth-order valence-electron chi connectivity index (χ4n) is 2.20. The van der Waals surface area contributed by atoms with Crippen molar-refractivity contribution in [2.45, 2.75) is 27.2 Å². The Balaban J connectivity index is 0.00000312. The average Bonchev–Trinajstić information content (AvgIpc) is 2.50. The molecule has 0 radical (unpaired) electrons. The molecule has 25 heavy (non-hydrogen) atoms. The predicted molar refractivity (Wildman–Crippen MR) is 103 cm³/mol. The van der Waals surface area contributed by atoms with Crippen molar-refractivity contribution in [3.63, 3.8) is 0 Å². The average molecular weight is 363 g/mol. The van der Waals surface area contributed by atoms with E-state index in [1.807, 2.05) is 20.8 Å². The molecule has 0 saturated carbocycles. The van der Waals surface area contributed by atoms with E-state index in [9.17, 15) is 9.59 Å². The van der Waals surface area contributed by atoms with E-state index in [1.54, 1.807) is 30.3 Å². The third kappa shape index (κ3) is 6.08. The first kappa shape index (κ1) is 20.4. The largest absolute Gasteiger partial charge is 0.384 e. The molecule has 4 N–H and O–H groups in total. The summed E-state index contributed by atoms with van der Waals surface area (Å²) in [6.45, 7) is 5.84. The number of anilines is 3. The highest BCUT2D eigenvalue weighted by Gasteiger charge is 2.11. The molecule has 1 heterocycles. The molecule has 0 spiro atoms. The Morgan fingerprint density at radius 2 is 1.88 bits per heavy atom. The van der Waals surface area contributed by atoms with Crippen LogP contribution in [0.4, 0.5) is 17.2 Å². The normalized spacial score (nSPS) is 10.1. The molecule has 0 aliphatic carbocycles. The van der Waals surface area contributed by atoms with Crippen molar-refractivity contribution in [2.24, 2.45) is 5.92 Å². The molecule has 0 atom stereocenters. The second-order valence-electron chi connectivity index (χ2n) is 6.10. The van der Waals surface area contributed by atoms with Crippen molar-refractivity contribution < 1.29 is 9.59 Å². The lowest BCUT2D eigenvalue weighted by molar-refractivity contribution is -0.116. The Morgan fingerprint density at radius 3 is 2.44 bits per heavy atom. The molecule has 0 aliphatic rings. The number of benzene rings is 1. The van der Waals surface area contributed by atoms with Gasteiger partial charge in [-0.3, -0.25) is 9.59 Å². The van der Waals surface area contributed by atoms with E-state index in [2.05, 4.69) is 15.6 Å². The van der Waals surface area contributed by atoms with Gasteiger partial charge in [0.2, 0.25) is 5.91 Å². The van der Waals surface area contributed by atoms with Crippen LogP contribution < -0.4 is 16.4 Å². The monoisotopic (exact) mass is 362 g/mol. The summed E-state index contributed by atoms with van der Waals surface area (Å²) in [5, 5.41) is 5.62. The molecule has 0 saturated heterocycles. The molecule has 0 fully saturated rings. The van der Waals surface area contributed by atoms with Crippen LogP contribution >= 0.6 is 12.4 Å². The quantitative estimate of drug-likeness (QED) is 0.756. The van der Waals surface area contributed by atoms with Crippen LogP contribution in [0.25, 0.3) is 0 Å². The van der Waals surface area contributed by atoms with Crippen LogP contribution in [0.1, 0.15) is 36.2 Å². The summed E-state index contributed by atoms with van der Waals surface area (Å²) in [4.78, 5) is 28.1. The number of hydrogen-bond donors (Lipinski definition) is 3. The number of aromatic nitrogens is 1. The van der Waals surface area contributed by atoms with Crippen LogP contribution in [-0.2, 0) is 4.79 Å². The van der Waals surface area contributed by atoms with E-state index in [1.165, 1.54) is 6.20 Å². The summed E-state index contributed by atoms with van der Waals surface area (Å²) in [6, 6.07) is 8.47. The fraction of sp³-hybridized carbons (Fsp3) is 0.278. The molecule has 6 nitrogen and oxygen atoms in total. The number of carbonyl (C=O) groups excluding carboxylic acids is 2. The van der Waals surface area contributed by atoms with Gasteiger partial charge in [-0.05, 0) is 48.7 Å². The topological polar surface area (TPSA) is 97.1 Å². The molecule has 0 bridgehead atoms. The maximum atomic E-state index is 12.3. The van der Waals surface area contributed by atoms with Crippen LogP contribution in [-0.4, -0.2) is 16.8 Å². The number of nitrogens with two attached hydrogens (primary N) is 1. The Morgan fingerprint density at radius 1 is 1.16 bits per heavy atom. The first-order chi connectivity index (χ1) is 11.3. The lowest BCUT2D eigenvalue weighted by atomic mass is 10.1.